The first kappa shape index (κ1) is 14.9. The second-order valence-electron chi connectivity index (χ2n) is 6.34. The second-order valence-corrected chi connectivity index (χ2v) is 6.34. The van der Waals surface area contributed by atoms with Gasteiger partial charge in [0.2, 0.25) is 0 Å². The molecular formula is C18H27NO2. The van der Waals surface area contributed by atoms with Crippen LogP contribution in [-0.2, 0) is 11.2 Å². The molecule has 2 unspecified atom stereocenters. The molecule has 0 radical (unpaired) electrons. The van der Waals surface area contributed by atoms with Crippen LogP contribution >= 0.6 is 0 Å². The molecule has 3 heteroatoms. The van der Waals surface area contributed by atoms with Crippen molar-refractivity contribution in [2.45, 2.75) is 63.7 Å². The van der Waals surface area contributed by atoms with Crippen molar-refractivity contribution in [3.63, 3.8) is 0 Å². The largest absolute Gasteiger partial charge is 0.491 e. The average molecular weight is 289 g/mol. The molecule has 1 aliphatic carbocycles. The van der Waals surface area contributed by atoms with E-state index in [0.29, 0.717) is 12.7 Å². The van der Waals surface area contributed by atoms with Gasteiger partial charge in [-0.15, -0.1) is 0 Å². The fraction of sp³-hybridized carbons (Fsp3) is 0.667. The number of benzene rings is 1. The molecule has 1 heterocycles. The molecule has 1 aromatic carbocycles. The van der Waals surface area contributed by atoms with Gasteiger partial charge in [-0.25, -0.2) is 0 Å². The van der Waals surface area contributed by atoms with Crippen LogP contribution in [0.5, 0.6) is 5.75 Å². The Kier molecular flexibility index (Phi) is 5.15. The molecule has 2 aliphatic rings. The number of ether oxygens (including phenoxy) is 2. The van der Waals surface area contributed by atoms with Crippen LogP contribution in [0, 0.1) is 0 Å². The standard InChI is InChI=1S/C18H27NO2/c1-2-3-14-4-8-16(9-5-14)20-13-18-11-10-17(21-18)12-19-15-6-7-15/h4-5,8-9,15,17-19H,2-3,6-7,10-13H2,1H3. The molecule has 1 N–H and O–H groups in total. The summed E-state index contributed by atoms with van der Waals surface area (Å²) < 4.78 is 11.9. The number of rotatable bonds is 8. The zero-order valence-corrected chi connectivity index (χ0v) is 13.0. The highest BCUT2D eigenvalue weighted by molar-refractivity contribution is 5.27. The Morgan fingerprint density at radius 1 is 1.10 bits per heavy atom. The van der Waals surface area contributed by atoms with Crippen molar-refractivity contribution in [3.8, 4) is 5.75 Å². The second kappa shape index (κ2) is 7.28. The predicted octanol–water partition coefficient (Wildman–Crippen LogP) is 3.32. The van der Waals surface area contributed by atoms with Crippen LogP contribution in [0.15, 0.2) is 24.3 Å². The van der Waals surface area contributed by atoms with Crippen LogP contribution in [-0.4, -0.2) is 31.4 Å². The van der Waals surface area contributed by atoms with Crippen LogP contribution in [0.4, 0.5) is 0 Å². The molecule has 0 spiro atoms. The molecule has 1 saturated heterocycles. The summed E-state index contributed by atoms with van der Waals surface area (Å²) in [6, 6.07) is 9.25. The fourth-order valence-corrected chi connectivity index (χ4v) is 2.87. The Morgan fingerprint density at radius 3 is 2.57 bits per heavy atom. The van der Waals surface area contributed by atoms with E-state index in [9.17, 15) is 0 Å². The van der Waals surface area contributed by atoms with E-state index in [-0.39, 0.29) is 6.10 Å². The molecule has 1 aliphatic heterocycles. The van der Waals surface area contributed by atoms with Gasteiger partial charge in [0.25, 0.3) is 0 Å². The van der Waals surface area contributed by atoms with E-state index in [4.69, 9.17) is 9.47 Å². The van der Waals surface area contributed by atoms with Crippen molar-refractivity contribution in [1.29, 1.82) is 0 Å². The highest BCUT2D eigenvalue weighted by Gasteiger charge is 2.28. The zero-order valence-electron chi connectivity index (χ0n) is 13.0. The topological polar surface area (TPSA) is 30.5 Å². The molecule has 3 nitrogen and oxygen atoms in total. The van der Waals surface area contributed by atoms with Crippen LogP contribution in [0.2, 0.25) is 0 Å². The first-order valence-electron chi connectivity index (χ1n) is 8.44. The van der Waals surface area contributed by atoms with Gasteiger partial charge in [-0.1, -0.05) is 25.5 Å². The number of nitrogens with one attached hydrogen (secondary N) is 1. The van der Waals surface area contributed by atoms with Crippen molar-refractivity contribution in [2.24, 2.45) is 0 Å². The Labute approximate surface area is 128 Å². The van der Waals surface area contributed by atoms with E-state index in [1.54, 1.807) is 0 Å². The van der Waals surface area contributed by atoms with Crippen molar-refractivity contribution >= 4 is 0 Å². The molecule has 1 aromatic rings. The number of hydrogen-bond donors (Lipinski definition) is 1. The Balaban J connectivity index is 1.36. The van der Waals surface area contributed by atoms with Crippen LogP contribution in [0.25, 0.3) is 0 Å². The normalized spacial score (nSPS) is 25.2. The van der Waals surface area contributed by atoms with Gasteiger partial charge in [0, 0.05) is 12.6 Å². The van der Waals surface area contributed by atoms with Crippen LogP contribution in [0.1, 0.15) is 44.6 Å². The van der Waals surface area contributed by atoms with Crippen molar-refractivity contribution in [2.75, 3.05) is 13.2 Å². The molecular weight excluding hydrogens is 262 g/mol. The number of hydrogen-bond acceptors (Lipinski definition) is 3. The first-order valence-corrected chi connectivity index (χ1v) is 8.44. The highest BCUT2D eigenvalue weighted by Crippen LogP contribution is 2.23. The Morgan fingerprint density at radius 2 is 1.86 bits per heavy atom. The third-order valence-electron chi connectivity index (χ3n) is 4.30. The molecule has 116 valence electrons. The highest BCUT2D eigenvalue weighted by atomic mass is 16.5. The molecule has 1 saturated carbocycles. The van der Waals surface area contributed by atoms with Crippen LogP contribution < -0.4 is 10.1 Å². The molecule has 3 rings (SSSR count). The van der Waals surface area contributed by atoms with Crippen LogP contribution in [0.3, 0.4) is 0 Å². The molecule has 21 heavy (non-hydrogen) atoms. The quantitative estimate of drug-likeness (QED) is 0.796. The van der Waals surface area contributed by atoms with Crippen molar-refractivity contribution < 1.29 is 9.47 Å². The summed E-state index contributed by atoms with van der Waals surface area (Å²) in [5.74, 6) is 0.956. The molecule has 2 fully saturated rings. The monoisotopic (exact) mass is 289 g/mol. The summed E-state index contributed by atoms with van der Waals surface area (Å²) in [6.45, 7) is 3.89. The molecule has 0 bridgehead atoms. The van der Waals surface area contributed by atoms with E-state index in [1.807, 2.05) is 0 Å². The fourth-order valence-electron chi connectivity index (χ4n) is 2.87. The first-order chi connectivity index (χ1) is 10.3. The Hall–Kier alpha value is -1.06. The van der Waals surface area contributed by atoms with Gasteiger partial charge in [-0.3, -0.25) is 0 Å². The lowest BCUT2D eigenvalue weighted by Crippen LogP contribution is -2.29. The summed E-state index contributed by atoms with van der Waals surface area (Å²) >= 11 is 0. The van der Waals surface area contributed by atoms with Gasteiger partial charge in [-0.05, 0) is 49.8 Å². The third-order valence-corrected chi connectivity index (χ3v) is 4.30. The SMILES string of the molecule is CCCc1ccc(OCC2CCC(CNC3CC3)O2)cc1. The summed E-state index contributed by atoms with van der Waals surface area (Å²) in [4.78, 5) is 0. The maximum atomic E-state index is 6.04. The minimum Gasteiger partial charge on any atom is -0.491 e. The van der Waals surface area contributed by atoms with Gasteiger partial charge in [0.15, 0.2) is 0 Å². The lowest BCUT2D eigenvalue weighted by atomic mass is 10.1. The summed E-state index contributed by atoms with van der Waals surface area (Å²) in [6.07, 6.45) is 7.92. The summed E-state index contributed by atoms with van der Waals surface area (Å²) in [5, 5.41) is 3.55. The van der Waals surface area contributed by atoms with Gasteiger partial charge < -0.3 is 14.8 Å². The smallest absolute Gasteiger partial charge is 0.119 e. The molecule has 2 atom stereocenters. The van der Waals surface area contributed by atoms with E-state index < -0.39 is 0 Å². The summed E-state index contributed by atoms with van der Waals surface area (Å²) in [7, 11) is 0. The van der Waals surface area contributed by atoms with E-state index >= 15 is 0 Å². The maximum Gasteiger partial charge on any atom is 0.119 e. The van der Waals surface area contributed by atoms with E-state index in [1.165, 1.54) is 24.8 Å². The van der Waals surface area contributed by atoms with Crippen molar-refractivity contribution in [1.82, 2.24) is 5.32 Å². The lowest BCUT2D eigenvalue weighted by Gasteiger charge is -2.15. The van der Waals surface area contributed by atoms with Crippen molar-refractivity contribution in [3.05, 3.63) is 29.8 Å². The molecule has 0 amide bonds. The summed E-state index contributed by atoms with van der Waals surface area (Å²) in [5.41, 5.74) is 1.38. The minimum atomic E-state index is 0.256. The van der Waals surface area contributed by atoms with Gasteiger partial charge in [0.05, 0.1) is 12.2 Å². The maximum absolute atomic E-state index is 6.04. The lowest BCUT2D eigenvalue weighted by molar-refractivity contribution is 0.0184. The zero-order chi connectivity index (χ0) is 14.5. The van der Waals surface area contributed by atoms with Gasteiger partial charge in [-0.2, -0.15) is 0 Å². The predicted molar refractivity (Wildman–Crippen MR) is 84.9 cm³/mol. The van der Waals surface area contributed by atoms with E-state index in [2.05, 4.69) is 36.5 Å². The average Bonchev–Trinajstić information content (AvgIpc) is 3.23. The van der Waals surface area contributed by atoms with E-state index in [0.717, 1.165) is 37.6 Å². The molecule has 0 aromatic heterocycles. The third kappa shape index (κ3) is 4.72. The number of aryl methyl sites for hydroxylation is 1. The minimum absolute atomic E-state index is 0.256. The van der Waals surface area contributed by atoms with Gasteiger partial charge >= 0.3 is 0 Å². The van der Waals surface area contributed by atoms with Gasteiger partial charge in [0.1, 0.15) is 12.4 Å². The Bertz CT molecular complexity index is 427.